The topological polar surface area (TPSA) is 66.8 Å². The molecule has 1 fully saturated rings. The van der Waals surface area contributed by atoms with Crippen LogP contribution in [0.25, 0.3) is 0 Å². The van der Waals surface area contributed by atoms with E-state index in [-0.39, 0.29) is 12.5 Å². The van der Waals surface area contributed by atoms with Crippen LogP contribution in [0.15, 0.2) is 24.3 Å². The molecule has 1 aromatic carbocycles. The standard InChI is InChI=1S/C16H21NO4/c1-11-5-4-6-13(9-11)21-12(2)14(18)17-8-7-16(3,10-17)15(19)20/h4-6,9,12H,7-8,10H2,1-3H3,(H,19,20)/t12-,16-/m0/s1. The van der Waals surface area contributed by atoms with Gasteiger partial charge in [0.2, 0.25) is 0 Å². The van der Waals surface area contributed by atoms with Crippen LogP contribution in [0.4, 0.5) is 0 Å². The van der Waals surface area contributed by atoms with Crippen LogP contribution in [0.1, 0.15) is 25.8 Å². The molecule has 2 rings (SSSR count). The second kappa shape index (κ2) is 5.76. The summed E-state index contributed by atoms with van der Waals surface area (Å²) in [6, 6.07) is 7.51. The van der Waals surface area contributed by atoms with Gasteiger partial charge in [-0.15, -0.1) is 0 Å². The summed E-state index contributed by atoms with van der Waals surface area (Å²) < 4.78 is 5.66. The van der Waals surface area contributed by atoms with Gasteiger partial charge in [0.15, 0.2) is 6.10 Å². The first-order valence-corrected chi connectivity index (χ1v) is 7.07. The van der Waals surface area contributed by atoms with Crippen LogP contribution in [0.5, 0.6) is 5.75 Å². The number of amides is 1. The maximum Gasteiger partial charge on any atom is 0.311 e. The zero-order chi connectivity index (χ0) is 15.6. The average Bonchev–Trinajstić information content (AvgIpc) is 2.82. The van der Waals surface area contributed by atoms with Crippen LogP contribution in [-0.4, -0.2) is 41.1 Å². The molecular weight excluding hydrogens is 270 g/mol. The molecule has 0 saturated carbocycles. The van der Waals surface area contributed by atoms with Crippen molar-refractivity contribution >= 4 is 11.9 Å². The lowest BCUT2D eigenvalue weighted by molar-refractivity contribution is -0.147. The molecule has 1 aliphatic rings. The van der Waals surface area contributed by atoms with E-state index in [2.05, 4.69) is 0 Å². The minimum absolute atomic E-state index is 0.165. The van der Waals surface area contributed by atoms with Crippen molar-refractivity contribution in [3.63, 3.8) is 0 Å². The van der Waals surface area contributed by atoms with Crippen molar-refractivity contribution in [2.75, 3.05) is 13.1 Å². The highest BCUT2D eigenvalue weighted by molar-refractivity contribution is 5.83. The number of ether oxygens (including phenoxy) is 1. The molecular formula is C16H21NO4. The zero-order valence-corrected chi connectivity index (χ0v) is 12.6. The molecule has 21 heavy (non-hydrogen) atoms. The van der Waals surface area contributed by atoms with E-state index in [0.29, 0.717) is 18.7 Å². The SMILES string of the molecule is Cc1cccc(O[C@@H](C)C(=O)N2CC[C@](C)(C(=O)O)C2)c1. The molecule has 1 heterocycles. The minimum atomic E-state index is -0.856. The summed E-state index contributed by atoms with van der Waals surface area (Å²) in [4.78, 5) is 25.2. The molecule has 0 aliphatic carbocycles. The normalized spacial score (nSPS) is 22.9. The number of rotatable bonds is 4. The first-order valence-electron chi connectivity index (χ1n) is 7.07. The number of likely N-dealkylation sites (tertiary alicyclic amines) is 1. The fourth-order valence-electron chi connectivity index (χ4n) is 2.52. The Labute approximate surface area is 124 Å². The Bertz CT molecular complexity index is 557. The number of nitrogens with zero attached hydrogens (tertiary/aromatic N) is 1. The van der Waals surface area contributed by atoms with E-state index in [4.69, 9.17) is 4.74 Å². The van der Waals surface area contributed by atoms with Gasteiger partial charge in [-0.25, -0.2) is 0 Å². The summed E-state index contributed by atoms with van der Waals surface area (Å²) >= 11 is 0. The maximum absolute atomic E-state index is 12.4. The molecule has 5 nitrogen and oxygen atoms in total. The van der Waals surface area contributed by atoms with Gasteiger partial charge in [-0.2, -0.15) is 0 Å². The van der Waals surface area contributed by atoms with Crippen molar-refractivity contribution in [3.8, 4) is 5.75 Å². The summed E-state index contributed by atoms with van der Waals surface area (Å²) in [7, 11) is 0. The van der Waals surface area contributed by atoms with Gasteiger partial charge < -0.3 is 14.7 Å². The molecule has 1 saturated heterocycles. The largest absolute Gasteiger partial charge is 0.481 e. The van der Waals surface area contributed by atoms with Crippen LogP contribution >= 0.6 is 0 Å². The quantitative estimate of drug-likeness (QED) is 0.922. The van der Waals surface area contributed by atoms with Gasteiger partial charge in [-0.3, -0.25) is 9.59 Å². The number of carbonyl (C=O) groups is 2. The Morgan fingerprint density at radius 1 is 1.43 bits per heavy atom. The zero-order valence-electron chi connectivity index (χ0n) is 12.6. The Kier molecular flexibility index (Phi) is 4.21. The third-order valence-electron chi connectivity index (χ3n) is 3.95. The van der Waals surface area contributed by atoms with Crippen molar-refractivity contribution < 1.29 is 19.4 Å². The van der Waals surface area contributed by atoms with E-state index in [1.165, 1.54) is 0 Å². The van der Waals surface area contributed by atoms with E-state index in [1.807, 2.05) is 31.2 Å². The van der Waals surface area contributed by atoms with Gasteiger partial charge in [-0.1, -0.05) is 12.1 Å². The molecule has 0 bridgehead atoms. The minimum Gasteiger partial charge on any atom is -0.481 e. The van der Waals surface area contributed by atoms with Crippen molar-refractivity contribution in [1.29, 1.82) is 0 Å². The Morgan fingerprint density at radius 3 is 2.71 bits per heavy atom. The van der Waals surface area contributed by atoms with Gasteiger partial charge >= 0.3 is 5.97 Å². The molecule has 1 aromatic rings. The number of aliphatic carboxylic acids is 1. The molecule has 0 aromatic heterocycles. The smallest absolute Gasteiger partial charge is 0.311 e. The van der Waals surface area contributed by atoms with Crippen molar-refractivity contribution in [2.24, 2.45) is 5.41 Å². The van der Waals surface area contributed by atoms with E-state index >= 15 is 0 Å². The third kappa shape index (κ3) is 3.35. The highest BCUT2D eigenvalue weighted by Gasteiger charge is 2.43. The third-order valence-corrected chi connectivity index (χ3v) is 3.95. The number of benzene rings is 1. The number of carboxylic acids is 1. The van der Waals surface area contributed by atoms with Gasteiger partial charge in [0.1, 0.15) is 5.75 Å². The number of carboxylic acid groups (broad SMARTS) is 1. The predicted octanol–water partition coefficient (Wildman–Crippen LogP) is 2.09. The lowest BCUT2D eigenvalue weighted by Crippen LogP contribution is -2.41. The Morgan fingerprint density at radius 2 is 2.14 bits per heavy atom. The van der Waals surface area contributed by atoms with Gasteiger partial charge in [0.25, 0.3) is 5.91 Å². The number of hydrogen-bond acceptors (Lipinski definition) is 3. The second-order valence-electron chi connectivity index (χ2n) is 5.95. The number of hydrogen-bond donors (Lipinski definition) is 1. The second-order valence-corrected chi connectivity index (χ2v) is 5.95. The lowest BCUT2D eigenvalue weighted by atomic mass is 9.90. The number of carbonyl (C=O) groups excluding carboxylic acids is 1. The summed E-state index contributed by atoms with van der Waals surface area (Å²) in [6.07, 6.45) is -0.145. The lowest BCUT2D eigenvalue weighted by Gasteiger charge is -2.23. The van der Waals surface area contributed by atoms with Gasteiger partial charge in [0.05, 0.1) is 5.41 Å². The first-order chi connectivity index (χ1) is 9.82. The predicted molar refractivity (Wildman–Crippen MR) is 78.2 cm³/mol. The van der Waals surface area contributed by atoms with Crippen LogP contribution in [0.3, 0.4) is 0 Å². The Hall–Kier alpha value is -2.04. The highest BCUT2D eigenvalue weighted by Crippen LogP contribution is 2.30. The molecule has 0 spiro atoms. The van der Waals surface area contributed by atoms with E-state index in [0.717, 1.165) is 5.56 Å². The molecule has 0 unspecified atom stereocenters. The number of aryl methyl sites for hydroxylation is 1. The molecule has 2 atom stereocenters. The van der Waals surface area contributed by atoms with Crippen LogP contribution in [-0.2, 0) is 9.59 Å². The maximum atomic E-state index is 12.4. The van der Waals surface area contributed by atoms with Crippen LogP contribution in [0.2, 0.25) is 0 Å². The van der Waals surface area contributed by atoms with Crippen LogP contribution < -0.4 is 4.74 Å². The van der Waals surface area contributed by atoms with Gasteiger partial charge in [-0.05, 0) is 44.9 Å². The molecule has 1 amide bonds. The molecule has 0 radical (unpaired) electrons. The van der Waals surface area contributed by atoms with E-state index < -0.39 is 17.5 Å². The fourth-order valence-corrected chi connectivity index (χ4v) is 2.52. The van der Waals surface area contributed by atoms with E-state index in [9.17, 15) is 14.7 Å². The summed E-state index contributed by atoms with van der Waals surface area (Å²) in [5.74, 6) is -0.373. The molecule has 5 heteroatoms. The van der Waals surface area contributed by atoms with Crippen molar-refractivity contribution in [2.45, 2.75) is 33.3 Å². The summed E-state index contributed by atoms with van der Waals surface area (Å²) in [5, 5.41) is 9.21. The fraction of sp³-hybridized carbons (Fsp3) is 0.500. The Balaban J connectivity index is 1.99. The monoisotopic (exact) mass is 291 g/mol. The first kappa shape index (κ1) is 15.4. The van der Waals surface area contributed by atoms with Crippen LogP contribution in [0, 0.1) is 12.3 Å². The average molecular weight is 291 g/mol. The summed E-state index contributed by atoms with van der Waals surface area (Å²) in [6.45, 7) is 6.03. The summed E-state index contributed by atoms with van der Waals surface area (Å²) in [5.41, 5.74) is 0.213. The molecule has 114 valence electrons. The van der Waals surface area contributed by atoms with Crippen molar-refractivity contribution in [3.05, 3.63) is 29.8 Å². The van der Waals surface area contributed by atoms with Crippen molar-refractivity contribution in [1.82, 2.24) is 4.90 Å². The molecule has 1 aliphatic heterocycles. The van der Waals surface area contributed by atoms with E-state index in [1.54, 1.807) is 18.7 Å². The molecule has 1 N–H and O–H groups in total. The highest BCUT2D eigenvalue weighted by atomic mass is 16.5. The van der Waals surface area contributed by atoms with Gasteiger partial charge in [0, 0.05) is 13.1 Å².